The van der Waals surface area contributed by atoms with Crippen LogP contribution in [0.2, 0.25) is 0 Å². The van der Waals surface area contributed by atoms with Crippen LogP contribution < -0.4 is 0 Å². The van der Waals surface area contributed by atoms with Gasteiger partial charge in [-0.2, -0.15) is 0 Å². The lowest BCUT2D eigenvalue weighted by molar-refractivity contribution is 0.287. The summed E-state index contributed by atoms with van der Waals surface area (Å²) in [4.78, 5) is 4.72. The molecule has 21 heavy (non-hydrogen) atoms. The number of aromatic nitrogens is 2. The fourth-order valence-electron chi connectivity index (χ4n) is 2.72. The van der Waals surface area contributed by atoms with Crippen LogP contribution in [0.3, 0.4) is 0 Å². The molecule has 0 amide bonds. The second-order valence-electron chi connectivity index (χ2n) is 5.42. The Hall–Kier alpha value is -2.13. The first kappa shape index (κ1) is 13.8. The number of para-hydroxylation sites is 2. The van der Waals surface area contributed by atoms with Crippen LogP contribution in [-0.2, 0) is 13.0 Å². The Morgan fingerprint density at radius 2 is 1.95 bits per heavy atom. The zero-order chi connectivity index (χ0) is 14.7. The van der Waals surface area contributed by atoms with Crippen molar-refractivity contribution in [2.75, 3.05) is 6.61 Å². The lowest BCUT2D eigenvalue weighted by Gasteiger charge is -2.10. The van der Waals surface area contributed by atoms with Crippen molar-refractivity contribution in [2.24, 2.45) is 0 Å². The molecule has 3 heteroatoms. The first-order chi connectivity index (χ1) is 10.3. The van der Waals surface area contributed by atoms with E-state index in [0.717, 1.165) is 36.2 Å². The molecule has 2 aromatic carbocycles. The van der Waals surface area contributed by atoms with Crippen molar-refractivity contribution in [1.29, 1.82) is 0 Å². The van der Waals surface area contributed by atoms with E-state index in [9.17, 15) is 0 Å². The largest absolute Gasteiger partial charge is 0.396 e. The van der Waals surface area contributed by atoms with Gasteiger partial charge in [0, 0.05) is 19.6 Å². The van der Waals surface area contributed by atoms with E-state index in [-0.39, 0.29) is 6.61 Å². The van der Waals surface area contributed by atoms with E-state index in [2.05, 4.69) is 41.8 Å². The van der Waals surface area contributed by atoms with Crippen LogP contribution in [0.25, 0.3) is 11.0 Å². The minimum atomic E-state index is 0.202. The Labute approximate surface area is 124 Å². The zero-order valence-corrected chi connectivity index (χ0v) is 12.3. The maximum Gasteiger partial charge on any atom is 0.110 e. The van der Waals surface area contributed by atoms with Gasteiger partial charge in [-0.15, -0.1) is 0 Å². The number of fused-ring (bicyclic) bond motifs is 1. The molecule has 1 N–H and O–H groups in total. The summed E-state index contributed by atoms with van der Waals surface area (Å²) in [7, 11) is 0. The van der Waals surface area contributed by atoms with E-state index in [4.69, 9.17) is 10.1 Å². The van der Waals surface area contributed by atoms with Crippen LogP contribution in [0.1, 0.15) is 23.4 Å². The average Bonchev–Trinajstić information content (AvgIpc) is 2.83. The molecule has 3 rings (SSSR count). The molecule has 3 aromatic rings. The van der Waals surface area contributed by atoms with Crippen molar-refractivity contribution >= 4 is 11.0 Å². The summed E-state index contributed by atoms with van der Waals surface area (Å²) in [5.74, 6) is 1.05. The van der Waals surface area contributed by atoms with Crippen molar-refractivity contribution in [3.8, 4) is 0 Å². The molecule has 0 saturated heterocycles. The number of aliphatic hydroxyl groups is 1. The fraction of sp³-hybridized carbons (Fsp3) is 0.278. The predicted octanol–water partition coefficient (Wildman–Crippen LogP) is 3.32. The quantitative estimate of drug-likeness (QED) is 0.778. The second kappa shape index (κ2) is 6.10. The molecule has 1 heterocycles. The smallest absolute Gasteiger partial charge is 0.110 e. The van der Waals surface area contributed by atoms with Gasteiger partial charge in [0.15, 0.2) is 0 Å². The molecule has 0 atom stereocenters. The van der Waals surface area contributed by atoms with Crippen molar-refractivity contribution in [1.82, 2.24) is 9.55 Å². The Morgan fingerprint density at radius 3 is 2.76 bits per heavy atom. The maximum atomic E-state index is 9.08. The van der Waals surface area contributed by atoms with Gasteiger partial charge in [0.05, 0.1) is 11.0 Å². The molecule has 0 fully saturated rings. The molecule has 0 saturated carbocycles. The van der Waals surface area contributed by atoms with Crippen LogP contribution >= 0.6 is 0 Å². The summed E-state index contributed by atoms with van der Waals surface area (Å²) in [5.41, 5.74) is 4.74. The third-order valence-corrected chi connectivity index (χ3v) is 3.72. The van der Waals surface area contributed by atoms with Gasteiger partial charge in [-0.25, -0.2) is 4.98 Å². The number of nitrogens with zero attached hydrogens (tertiary/aromatic N) is 2. The zero-order valence-electron chi connectivity index (χ0n) is 12.3. The first-order valence-electron chi connectivity index (χ1n) is 7.38. The second-order valence-corrected chi connectivity index (χ2v) is 5.42. The fourth-order valence-corrected chi connectivity index (χ4v) is 2.72. The monoisotopic (exact) mass is 280 g/mol. The Kier molecular flexibility index (Phi) is 4.02. The normalized spacial score (nSPS) is 11.1. The number of aliphatic hydroxyl groups excluding tert-OH is 1. The van der Waals surface area contributed by atoms with Crippen molar-refractivity contribution in [3.05, 3.63) is 65.5 Å². The van der Waals surface area contributed by atoms with Gasteiger partial charge in [-0.05, 0) is 31.0 Å². The molecule has 1 aromatic heterocycles. The molecule has 0 aliphatic rings. The van der Waals surface area contributed by atoms with Gasteiger partial charge in [0.1, 0.15) is 5.82 Å². The summed E-state index contributed by atoms with van der Waals surface area (Å²) >= 11 is 0. The van der Waals surface area contributed by atoms with Crippen LogP contribution in [-0.4, -0.2) is 21.3 Å². The number of aryl methyl sites for hydroxylation is 2. The van der Waals surface area contributed by atoms with Gasteiger partial charge in [-0.3, -0.25) is 0 Å². The molecule has 0 aliphatic carbocycles. The van der Waals surface area contributed by atoms with Crippen LogP contribution in [0.4, 0.5) is 0 Å². The lowest BCUT2D eigenvalue weighted by atomic mass is 10.1. The Morgan fingerprint density at radius 1 is 1.10 bits per heavy atom. The highest BCUT2D eigenvalue weighted by molar-refractivity contribution is 5.76. The molecule has 0 unspecified atom stereocenters. The lowest BCUT2D eigenvalue weighted by Crippen LogP contribution is -2.06. The van der Waals surface area contributed by atoms with E-state index >= 15 is 0 Å². The molecule has 0 spiro atoms. The summed E-state index contributed by atoms with van der Waals surface area (Å²) in [6.45, 7) is 3.14. The number of imidazole rings is 1. The van der Waals surface area contributed by atoms with Gasteiger partial charge < -0.3 is 9.67 Å². The molecule has 0 bridgehead atoms. The summed E-state index contributed by atoms with van der Waals surface area (Å²) in [6, 6.07) is 16.8. The third-order valence-electron chi connectivity index (χ3n) is 3.72. The molecular weight excluding hydrogens is 260 g/mol. The van der Waals surface area contributed by atoms with Gasteiger partial charge in [0.25, 0.3) is 0 Å². The maximum absolute atomic E-state index is 9.08. The highest BCUT2D eigenvalue weighted by Gasteiger charge is 2.10. The van der Waals surface area contributed by atoms with Crippen molar-refractivity contribution < 1.29 is 5.11 Å². The molecule has 3 nitrogen and oxygen atoms in total. The highest BCUT2D eigenvalue weighted by atomic mass is 16.2. The predicted molar refractivity (Wildman–Crippen MR) is 85.4 cm³/mol. The topological polar surface area (TPSA) is 38.0 Å². The molecule has 108 valence electrons. The summed E-state index contributed by atoms with van der Waals surface area (Å²) in [6.07, 6.45) is 1.55. The first-order valence-corrected chi connectivity index (χ1v) is 7.38. The highest BCUT2D eigenvalue weighted by Crippen LogP contribution is 2.19. The van der Waals surface area contributed by atoms with Crippen LogP contribution in [0.5, 0.6) is 0 Å². The van der Waals surface area contributed by atoms with E-state index < -0.39 is 0 Å². The number of hydrogen-bond acceptors (Lipinski definition) is 2. The number of hydrogen-bond donors (Lipinski definition) is 1. The van der Waals surface area contributed by atoms with Crippen molar-refractivity contribution in [3.63, 3.8) is 0 Å². The average molecular weight is 280 g/mol. The van der Waals surface area contributed by atoms with Crippen LogP contribution in [0, 0.1) is 6.92 Å². The van der Waals surface area contributed by atoms with Gasteiger partial charge in [-0.1, -0.05) is 42.0 Å². The Balaban J connectivity index is 2.02. The molecule has 0 aliphatic heterocycles. The summed E-state index contributed by atoms with van der Waals surface area (Å²) < 4.78 is 2.26. The van der Waals surface area contributed by atoms with E-state index in [1.807, 2.05) is 18.2 Å². The SMILES string of the molecule is Cc1cccc(Cn2c(CCCO)nc3ccccc32)c1. The minimum absolute atomic E-state index is 0.202. The van der Waals surface area contributed by atoms with Gasteiger partial charge >= 0.3 is 0 Å². The van der Waals surface area contributed by atoms with Crippen molar-refractivity contribution in [2.45, 2.75) is 26.3 Å². The Bertz CT molecular complexity index is 746. The minimum Gasteiger partial charge on any atom is -0.396 e. The molecular formula is C18H20N2O. The third kappa shape index (κ3) is 2.98. The standard InChI is InChI=1S/C18H20N2O/c1-14-6-4-7-15(12-14)13-20-17-9-3-2-8-16(17)19-18(20)10-5-11-21/h2-4,6-9,12,21H,5,10-11,13H2,1H3. The number of rotatable bonds is 5. The summed E-state index contributed by atoms with van der Waals surface area (Å²) in [5, 5.41) is 9.08. The van der Waals surface area contributed by atoms with E-state index in [1.54, 1.807) is 0 Å². The van der Waals surface area contributed by atoms with Crippen LogP contribution in [0.15, 0.2) is 48.5 Å². The van der Waals surface area contributed by atoms with E-state index in [0.29, 0.717) is 0 Å². The van der Waals surface area contributed by atoms with Gasteiger partial charge in [0.2, 0.25) is 0 Å². The number of benzene rings is 2. The van der Waals surface area contributed by atoms with E-state index in [1.165, 1.54) is 11.1 Å². The molecule has 0 radical (unpaired) electrons.